The van der Waals surface area contributed by atoms with Gasteiger partial charge in [0.2, 0.25) is 0 Å². The Kier molecular flexibility index (Phi) is 5.37. The molecular weight excluding hydrogens is 251 g/mol. The number of halogens is 4. The molecule has 0 saturated heterocycles. The fraction of sp³-hybridized carbons (Fsp3) is 0.125. The zero-order valence-corrected chi connectivity index (χ0v) is 9.22. The lowest BCUT2D eigenvalue weighted by molar-refractivity contribution is 0.100. The van der Waals surface area contributed by atoms with E-state index in [0.29, 0.717) is 0 Å². The maximum Gasteiger partial charge on any atom is 0.177 e. The molecule has 0 amide bonds. The van der Waals surface area contributed by atoms with Crippen LogP contribution in [0.25, 0.3) is 0 Å². The van der Waals surface area contributed by atoms with Crippen LogP contribution in [0.3, 0.4) is 0 Å². The fourth-order valence-electron chi connectivity index (χ4n) is 0.851. The van der Waals surface area contributed by atoms with Gasteiger partial charge in [0, 0.05) is 5.56 Å². The quantitative estimate of drug-likeness (QED) is 0.655. The van der Waals surface area contributed by atoms with Crippen LogP contribution < -0.4 is 5.73 Å². The van der Waals surface area contributed by atoms with Crippen LogP contribution in [0.1, 0.15) is 10.4 Å². The Labute approximate surface area is 96.6 Å². The van der Waals surface area contributed by atoms with Gasteiger partial charge in [-0.15, -0.1) is 12.4 Å². The number of nitrogens with two attached hydrogens (primary N) is 1. The maximum absolute atomic E-state index is 12.8. The number of ketones is 1. The van der Waals surface area contributed by atoms with E-state index in [1.807, 2.05) is 0 Å². The average molecular weight is 259 g/mol. The summed E-state index contributed by atoms with van der Waals surface area (Å²) in [5, 5.41) is -0.335. The molecule has 78 valence electrons. The van der Waals surface area contributed by atoms with Gasteiger partial charge in [-0.25, -0.2) is 4.39 Å². The summed E-state index contributed by atoms with van der Waals surface area (Å²) in [7, 11) is 0. The molecule has 0 spiro atoms. The van der Waals surface area contributed by atoms with E-state index in [1.54, 1.807) is 0 Å². The largest absolute Gasteiger partial charge is 0.324 e. The molecule has 1 aromatic carbocycles. The summed E-state index contributed by atoms with van der Waals surface area (Å²) in [6.45, 7) is -0.179. The predicted octanol–water partition coefficient (Wildman–Crippen LogP) is 2.70. The lowest BCUT2D eigenvalue weighted by Crippen LogP contribution is -2.14. The van der Waals surface area contributed by atoms with Crippen molar-refractivity contribution in [2.24, 2.45) is 5.73 Å². The number of Topliss-reactive ketones (excluding diaryl/α,β-unsaturated/α-hetero) is 1. The molecule has 0 aromatic heterocycles. The van der Waals surface area contributed by atoms with Crippen LogP contribution in [0.4, 0.5) is 4.39 Å². The zero-order chi connectivity index (χ0) is 10.0. The third kappa shape index (κ3) is 2.58. The van der Waals surface area contributed by atoms with Gasteiger partial charge in [0.05, 0.1) is 16.6 Å². The number of rotatable bonds is 2. The van der Waals surface area contributed by atoms with Crippen molar-refractivity contribution in [1.29, 1.82) is 0 Å². The molecule has 1 aromatic rings. The van der Waals surface area contributed by atoms with Gasteiger partial charge in [0.15, 0.2) is 5.78 Å². The third-order valence-electron chi connectivity index (χ3n) is 1.52. The van der Waals surface area contributed by atoms with Gasteiger partial charge in [-0.3, -0.25) is 4.79 Å². The number of carbonyl (C=O) groups excluding carboxylic acids is 1. The van der Waals surface area contributed by atoms with Crippen LogP contribution >= 0.6 is 35.6 Å². The topological polar surface area (TPSA) is 43.1 Å². The minimum Gasteiger partial charge on any atom is -0.324 e. The molecule has 0 unspecified atom stereocenters. The summed E-state index contributed by atoms with van der Waals surface area (Å²) in [6, 6.07) is 2.34. The molecule has 1 rings (SSSR count). The Balaban J connectivity index is 0.00000169. The van der Waals surface area contributed by atoms with E-state index in [2.05, 4.69) is 0 Å². The van der Waals surface area contributed by atoms with E-state index in [4.69, 9.17) is 28.9 Å². The Morgan fingerprint density at radius 2 is 1.93 bits per heavy atom. The third-order valence-corrected chi connectivity index (χ3v) is 2.38. The summed E-state index contributed by atoms with van der Waals surface area (Å²) < 4.78 is 12.8. The van der Waals surface area contributed by atoms with Crippen LogP contribution in [0.15, 0.2) is 12.1 Å². The van der Waals surface area contributed by atoms with Gasteiger partial charge in [-0.05, 0) is 12.1 Å². The second kappa shape index (κ2) is 5.51. The molecule has 14 heavy (non-hydrogen) atoms. The average Bonchev–Trinajstić information content (AvgIpc) is 2.13. The number of hydrogen-bond acceptors (Lipinski definition) is 2. The molecule has 0 fully saturated rings. The Hall–Kier alpha value is -0.350. The highest BCUT2D eigenvalue weighted by Crippen LogP contribution is 2.28. The highest BCUT2D eigenvalue weighted by atomic mass is 35.5. The lowest BCUT2D eigenvalue weighted by atomic mass is 10.1. The normalized spacial score (nSPS) is 9.43. The van der Waals surface area contributed by atoms with Crippen LogP contribution in [0.2, 0.25) is 10.0 Å². The minimum absolute atomic E-state index is 0. The SMILES string of the molecule is Cl.NCC(=O)c1ccc(F)c(Cl)c1Cl. The molecule has 0 aliphatic heterocycles. The van der Waals surface area contributed by atoms with Crippen molar-refractivity contribution >= 4 is 41.4 Å². The van der Waals surface area contributed by atoms with Crippen molar-refractivity contribution < 1.29 is 9.18 Å². The van der Waals surface area contributed by atoms with Crippen molar-refractivity contribution in [3.8, 4) is 0 Å². The lowest BCUT2D eigenvalue weighted by Gasteiger charge is -2.03. The molecule has 2 N–H and O–H groups in total. The first-order valence-corrected chi connectivity index (χ1v) is 4.20. The molecule has 0 bridgehead atoms. The number of hydrogen-bond donors (Lipinski definition) is 1. The second-order valence-electron chi connectivity index (χ2n) is 2.35. The second-order valence-corrected chi connectivity index (χ2v) is 3.11. The Bertz CT molecular complexity index is 357. The smallest absolute Gasteiger partial charge is 0.177 e. The summed E-state index contributed by atoms with van der Waals surface area (Å²) in [6.07, 6.45) is 0. The van der Waals surface area contributed by atoms with E-state index < -0.39 is 5.82 Å². The summed E-state index contributed by atoms with van der Waals surface area (Å²) in [4.78, 5) is 11.1. The number of carbonyl (C=O) groups is 1. The van der Waals surface area contributed by atoms with Crippen molar-refractivity contribution in [3.05, 3.63) is 33.6 Å². The van der Waals surface area contributed by atoms with Crippen molar-refractivity contribution in [3.63, 3.8) is 0 Å². The van der Waals surface area contributed by atoms with E-state index in [-0.39, 0.29) is 40.3 Å². The van der Waals surface area contributed by atoms with Crippen LogP contribution in [-0.4, -0.2) is 12.3 Å². The van der Waals surface area contributed by atoms with Gasteiger partial charge in [-0.1, -0.05) is 23.2 Å². The van der Waals surface area contributed by atoms with Crippen LogP contribution in [-0.2, 0) is 0 Å². The molecule has 0 saturated carbocycles. The molecule has 6 heteroatoms. The van der Waals surface area contributed by atoms with Crippen LogP contribution in [0.5, 0.6) is 0 Å². The monoisotopic (exact) mass is 257 g/mol. The Morgan fingerprint density at radius 3 is 2.43 bits per heavy atom. The molecule has 0 aliphatic rings. The van der Waals surface area contributed by atoms with Crippen molar-refractivity contribution in [2.75, 3.05) is 6.54 Å². The van der Waals surface area contributed by atoms with Gasteiger partial charge < -0.3 is 5.73 Å². The molecule has 0 radical (unpaired) electrons. The summed E-state index contributed by atoms with van der Waals surface area (Å²) in [5.74, 6) is -1.02. The zero-order valence-electron chi connectivity index (χ0n) is 6.89. The van der Waals surface area contributed by atoms with Gasteiger partial charge in [-0.2, -0.15) is 0 Å². The molecule has 0 atom stereocenters. The first kappa shape index (κ1) is 13.7. The highest BCUT2D eigenvalue weighted by molar-refractivity contribution is 6.44. The molecule has 0 aliphatic carbocycles. The number of benzene rings is 1. The molecule has 2 nitrogen and oxygen atoms in total. The van der Waals surface area contributed by atoms with Crippen LogP contribution in [0, 0.1) is 5.82 Å². The van der Waals surface area contributed by atoms with Gasteiger partial charge in [0.25, 0.3) is 0 Å². The maximum atomic E-state index is 12.8. The minimum atomic E-state index is -0.653. The van der Waals surface area contributed by atoms with Gasteiger partial charge >= 0.3 is 0 Å². The predicted molar refractivity (Wildman–Crippen MR) is 57.1 cm³/mol. The Morgan fingerprint density at radius 1 is 1.36 bits per heavy atom. The fourth-order valence-corrected chi connectivity index (χ4v) is 1.27. The first-order chi connectivity index (χ1) is 6.07. The van der Waals surface area contributed by atoms with E-state index in [0.717, 1.165) is 6.07 Å². The highest BCUT2D eigenvalue weighted by Gasteiger charge is 2.14. The standard InChI is InChI=1S/C8H6Cl2FNO.ClH/c9-7-4(6(13)3-12)1-2-5(11)8(7)10;/h1-2H,3,12H2;1H. The van der Waals surface area contributed by atoms with E-state index in [1.165, 1.54) is 6.07 Å². The first-order valence-electron chi connectivity index (χ1n) is 3.44. The van der Waals surface area contributed by atoms with E-state index >= 15 is 0 Å². The molecule has 0 heterocycles. The summed E-state index contributed by atoms with van der Waals surface area (Å²) in [5.41, 5.74) is 5.26. The van der Waals surface area contributed by atoms with Crippen molar-refractivity contribution in [1.82, 2.24) is 0 Å². The van der Waals surface area contributed by atoms with Crippen molar-refractivity contribution in [2.45, 2.75) is 0 Å². The molecular formula is C8H7Cl3FNO. The van der Waals surface area contributed by atoms with E-state index in [9.17, 15) is 9.18 Å². The van der Waals surface area contributed by atoms with Gasteiger partial charge in [0.1, 0.15) is 5.82 Å². The summed E-state index contributed by atoms with van der Waals surface area (Å²) >= 11 is 11.1.